The van der Waals surface area contributed by atoms with Crippen LogP contribution in [0.25, 0.3) is 0 Å². The molecule has 2 atom stereocenters. The van der Waals surface area contributed by atoms with Gasteiger partial charge in [-0.25, -0.2) is 0 Å². The number of hydrogen-bond donors (Lipinski definition) is 0. The quantitative estimate of drug-likeness (QED) is 0.434. The van der Waals surface area contributed by atoms with Gasteiger partial charge < -0.3 is 0 Å². The summed E-state index contributed by atoms with van der Waals surface area (Å²) in [5, 5.41) is 2.25. The van der Waals surface area contributed by atoms with Gasteiger partial charge in [-0.15, -0.1) is 0 Å². The van der Waals surface area contributed by atoms with E-state index < -0.39 is 8.07 Å². The molecular formula is C6H6Si2. The summed E-state index contributed by atoms with van der Waals surface area (Å²) in [6.45, 7) is 0. The van der Waals surface area contributed by atoms with Gasteiger partial charge in [0, 0.05) is 9.52 Å². The van der Waals surface area contributed by atoms with Crippen molar-refractivity contribution >= 4 is 17.6 Å². The molecule has 3 aliphatic rings. The Morgan fingerprint density at radius 1 is 1.12 bits per heavy atom. The van der Waals surface area contributed by atoms with Crippen molar-refractivity contribution in [3.05, 3.63) is 23.6 Å². The molecule has 2 radical (unpaired) electrons. The largest absolute Gasteiger partial charge is 0.108 e. The Hall–Kier alpha value is -0.0862. The van der Waals surface area contributed by atoms with Gasteiger partial charge in [0.1, 0.15) is 8.07 Å². The molecule has 0 aromatic carbocycles. The summed E-state index contributed by atoms with van der Waals surface area (Å²) in [5.74, 6) is 0. The van der Waals surface area contributed by atoms with Crippen molar-refractivity contribution in [2.45, 2.75) is 10.3 Å². The van der Waals surface area contributed by atoms with Crippen LogP contribution >= 0.6 is 0 Å². The van der Waals surface area contributed by atoms with Crippen molar-refractivity contribution in [2.24, 2.45) is 0 Å². The maximum absolute atomic E-state index is 2.51. The third-order valence-corrected chi connectivity index (χ3v) is 11.8. The molecule has 3 heterocycles. The van der Waals surface area contributed by atoms with E-state index in [9.17, 15) is 0 Å². The van der Waals surface area contributed by atoms with E-state index in [0.717, 1.165) is 10.3 Å². The third kappa shape index (κ3) is 0.183. The van der Waals surface area contributed by atoms with E-state index in [2.05, 4.69) is 23.6 Å². The average Bonchev–Trinajstić information content (AvgIpc) is 1.62. The second-order valence-corrected chi connectivity index (χ2v) is 9.48. The highest BCUT2D eigenvalue weighted by Gasteiger charge is 2.60. The van der Waals surface area contributed by atoms with Gasteiger partial charge in [0.15, 0.2) is 0 Å². The zero-order valence-corrected chi connectivity index (χ0v) is 6.46. The lowest BCUT2D eigenvalue weighted by Crippen LogP contribution is -2.65. The lowest BCUT2D eigenvalue weighted by molar-refractivity contribution is 1.12. The minimum absolute atomic E-state index is 0.645. The highest BCUT2D eigenvalue weighted by Crippen LogP contribution is 2.59. The lowest BCUT2D eigenvalue weighted by atomic mass is 10.6. The molecule has 38 valence electrons. The maximum Gasteiger partial charge on any atom is 0.108 e. The fourth-order valence-corrected chi connectivity index (χ4v) is 9.89. The molecule has 1 fully saturated rings. The molecular weight excluding hydrogens is 128 g/mol. The van der Waals surface area contributed by atoms with Gasteiger partial charge in [-0.2, -0.15) is 0 Å². The Balaban J connectivity index is 2.22. The van der Waals surface area contributed by atoms with Crippen molar-refractivity contribution in [2.75, 3.05) is 0 Å². The van der Waals surface area contributed by atoms with Crippen LogP contribution in [0.4, 0.5) is 0 Å². The highest BCUT2D eigenvalue weighted by atomic mass is 28.4. The van der Waals surface area contributed by atoms with Crippen LogP contribution in [0.3, 0.4) is 0 Å². The van der Waals surface area contributed by atoms with E-state index in [-0.39, 0.29) is 0 Å². The molecule has 0 nitrogen and oxygen atoms in total. The van der Waals surface area contributed by atoms with E-state index in [4.69, 9.17) is 0 Å². The van der Waals surface area contributed by atoms with Crippen molar-refractivity contribution in [1.82, 2.24) is 0 Å². The molecule has 8 heavy (non-hydrogen) atoms. The van der Waals surface area contributed by atoms with Crippen LogP contribution in [0.15, 0.2) is 23.6 Å². The Kier molecular flexibility index (Phi) is 0.407. The van der Waals surface area contributed by atoms with Crippen LogP contribution in [0, 0.1) is 0 Å². The molecule has 1 spiro atoms. The molecule has 0 saturated carbocycles. The molecule has 0 aromatic rings. The average molecular weight is 134 g/mol. The summed E-state index contributed by atoms with van der Waals surface area (Å²) in [6, 6.07) is 0. The molecule has 0 bridgehead atoms. The first-order valence-electron chi connectivity index (χ1n) is 3.07. The van der Waals surface area contributed by atoms with E-state index >= 15 is 0 Å². The Morgan fingerprint density at radius 2 is 1.75 bits per heavy atom. The first-order chi connectivity index (χ1) is 3.92. The molecule has 1 saturated heterocycles. The van der Waals surface area contributed by atoms with Crippen LogP contribution in [0.5, 0.6) is 0 Å². The Bertz CT molecular complexity index is 183. The minimum atomic E-state index is -0.645. The van der Waals surface area contributed by atoms with E-state index in [1.54, 1.807) is 0 Å². The number of hydrogen-bond acceptors (Lipinski definition) is 0. The first-order valence-corrected chi connectivity index (χ1v) is 6.53. The molecule has 2 heteroatoms. The maximum atomic E-state index is 2.51. The molecule has 0 aliphatic carbocycles. The second kappa shape index (κ2) is 0.845. The van der Waals surface area contributed by atoms with E-state index in [1.807, 2.05) is 0 Å². The summed E-state index contributed by atoms with van der Waals surface area (Å²) < 4.78 is 0. The molecule has 0 aromatic heterocycles. The number of allylic oxidation sites excluding steroid dienone is 2. The zero-order valence-electron chi connectivity index (χ0n) is 4.46. The van der Waals surface area contributed by atoms with Crippen LogP contribution in [-0.2, 0) is 0 Å². The van der Waals surface area contributed by atoms with E-state index in [0.29, 0.717) is 0 Å². The van der Waals surface area contributed by atoms with Gasteiger partial charge in [-0.3, -0.25) is 0 Å². The summed E-state index contributed by atoms with van der Waals surface area (Å²) in [6.07, 6.45) is 4.84. The smallest absolute Gasteiger partial charge is 0.0942 e. The van der Waals surface area contributed by atoms with Crippen LogP contribution in [0.1, 0.15) is 0 Å². The standard InChI is InChI=1S/C6H6Si2/c1-3-8-4-2-6(8)7-5(1)8/h1-6H/t5-,6-,8?/m1/s1. The van der Waals surface area contributed by atoms with Gasteiger partial charge in [0.2, 0.25) is 0 Å². The lowest BCUT2D eigenvalue weighted by Gasteiger charge is -2.59. The zero-order chi connectivity index (χ0) is 5.19. The third-order valence-electron chi connectivity index (χ3n) is 2.59. The Morgan fingerprint density at radius 3 is 1.75 bits per heavy atom. The monoisotopic (exact) mass is 134 g/mol. The number of rotatable bonds is 0. The summed E-state index contributed by atoms with van der Waals surface area (Å²) in [4.78, 5) is 0. The van der Waals surface area contributed by atoms with Gasteiger partial charge >= 0.3 is 0 Å². The fourth-order valence-electron chi connectivity index (χ4n) is 1.78. The van der Waals surface area contributed by atoms with Crippen molar-refractivity contribution in [3.63, 3.8) is 0 Å². The SMILES string of the molecule is C1=C[Si]23C=C[C@@H]2[Si][C@@H]13. The molecule has 0 amide bonds. The van der Waals surface area contributed by atoms with Gasteiger partial charge in [-0.05, 0) is 10.3 Å². The highest BCUT2D eigenvalue weighted by molar-refractivity contribution is 7.15. The minimum Gasteiger partial charge on any atom is -0.0942 e. The molecule has 0 unspecified atom stereocenters. The summed E-state index contributed by atoms with van der Waals surface area (Å²) in [5.41, 5.74) is 5.03. The normalized spacial score (nSPS) is 62.0. The second-order valence-electron chi connectivity index (χ2n) is 2.84. The topological polar surface area (TPSA) is 0 Å². The molecule has 3 rings (SSSR count). The van der Waals surface area contributed by atoms with Crippen LogP contribution < -0.4 is 0 Å². The molecule has 0 N–H and O–H groups in total. The Labute approximate surface area is 52.1 Å². The van der Waals surface area contributed by atoms with Crippen LogP contribution in [0.2, 0.25) is 10.3 Å². The predicted octanol–water partition coefficient (Wildman–Crippen LogP) is 1.03. The van der Waals surface area contributed by atoms with Gasteiger partial charge in [-0.1, -0.05) is 23.6 Å². The summed E-state index contributed by atoms with van der Waals surface area (Å²) >= 11 is 0. The van der Waals surface area contributed by atoms with Crippen LogP contribution in [-0.4, -0.2) is 17.6 Å². The van der Waals surface area contributed by atoms with Crippen molar-refractivity contribution < 1.29 is 0 Å². The van der Waals surface area contributed by atoms with Gasteiger partial charge in [0.25, 0.3) is 0 Å². The van der Waals surface area contributed by atoms with Crippen molar-refractivity contribution in [3.8, 4) is 0 Å². The summed E-state index contributed by atoms with van der Waals surface area (Å²) in [7, 11) is 0.637. The fraction of sp³-hybridized carbons (Fsp3) is 0.333. The van der Waals surface area contributed by atoms with Gasteiger partial charge in [0.05, 0.1) is 0 Å². The van der Waals surface area contributed by atoms with Crippen molar-refractivity contribution in [1.29, 1.82) is 0 Å². The first kappa shape index (κ1) is 3.85. The molecule has 3 aliphatic heterocycles. The predicted molar refractivity (Wildman–Crippen MR) is 37.3 cm³/mol. The van der Waals surface area contributed by atoms with E-state index in [1.165, 1.54) is 9.52 Å².